The van der Waals surface area contributed by atoms with Gasteiger partial charge in [-0.1, -0.05) is 24.3 Å². The van der Waals surface area contributed by atoms with Crippen LogP contribution < -0.4 is 10.2 Å². The first-order valence-electron chi connectivity index (χ1n) is 8.37. The fourth-order valence-electron chi connectivity index (χ4n) is 3.67. The molecule has 0 unspecified atom stereocenters. The number of aryl methyl sites for hydroxylation is 2. The summed E-state index contributed by atoms with van der Waals surface area (Å²) >= 11 is 1.93. The molecule has 6 heteroatoms. The summed E-state index contributed by atoms with van der Waals surface area (Å²) in [6.45, 7) is 2.70. The Balaban J connectivity index is 1.51. The SMILES string of the molecule is Cc1cc(N2CC[C@H](N[C@H]3CSCc4ccccc43)C2=O)n(C)n1. The molecular weight excluding hydrogens is 320 g/mol. The first kappa shape index (κ1) is 15.7. The maximum atomic E-state index is 12.9. The van der Waals surface area contributed by atoms with Crippen LogP contribution in [0.3, 0.4) is 0 Å². The highest BCUT2D eigenvalue weighted by molar-refractivity contribution is 7.98. The summed E-state index contributed by atoms with van der Waals surface area (Å²) in [6, 6.07) is 10.7. The minimum atomic E-state index is -0.114. The molecule has 0 bridgehead atoms. The molecule has 2 aliphatic rings. The van der Waals surface area contributed by atoms with Gasteiger partial charge >= 0.3 is 0 Å². The third-order valence-corrected chi connectivity index (χ3v) is 5.92. The van der Waals surface area contributed by atoms with Gasteiger partial charge in [-0.15, -0.1) is 0 Å². The Bertz CT molecular complexity index is 772. The Morgan fingerprint density at radius 2 is 2.12 bits per heavy atom. The van der Waals surface area contributed by atoms with E-state index in [0.29, 0.717) is 0 Å². The van der Waals surface area contributed by atoms with Crippen LogP contribution in [-0.4, -0.2) is 34.0 Å². The lowest BCUT2D eigenvalue weighted by Crippen LogP contribution is -2.42. The van der Waals surface area contributed by atoms with Gasteiger partial charge in [-0.05, 0) is 24.5 Å². The smallest absolute Gasteiger partial charge is 0.245 e. The molecule has 126 valence electrons. The van der Waals surface area contributed by atoms with E-state index >= 15 is 0 Å². The van der Waals surface area contributed by atoms with Gasteiger partial charge in [-0.2, -0.15) is 16.9 Å². The zero-order chi connectivity index (χ0) is 16.7. The number of fused-ring (bicyclic) bond motifs is 1. The second kappa shape index (κ2) is 6.26. The predicted molar refractivity (Wildman–Crippen MR) is 97.2 cm³/mol. The molecule has 0 saturated carbocycles. The van der Waals surface area contributed by atoms with Crippen LogP contribution in [0.4, 0.5) is 5.82 Å². The lowest BCUT2D eigenvalue weighted by Gasteiger charge is -2.28. The van der Waals surface area contributed by atoms with Gasteiger partial charge < -0.3 is 0 Å². The van der Waals surface area contributed by atoms with Gasteiger partial charge in [0, 0.05) is 37.2 Å². The zero-order valence-corrected chi connectivity index (χ0v) is 14.8. The van der Waals surface area contributed by atoms with E-state index < -0.39 is 0 Å². The average molecular weight is 342 g/mol. The molecule has 0 aliphatic carbocycles. The maximum absolute atomic E-state index is 12.9. The number of anilines is 1. The monoisotopic (exact) mass is 342 g/mol. The first-order chi connectivity index (χ1) is 11.6. The average Bonchev–Trinajstić information content (AvgIpc) is 3.10. The molecule has 1 N–H and O–H groups in total. The number of rotatable bonds is 3. The Labute approximate surface area is 146 Å². The van der Waals surface area contributed by atoms with E-state index in [0.717, 1.165) is 36.0 Å². The molecule has 3 heterocycles. The number of amides is 1. The molecule has 2 aliphatic heterocycles. The second-order valence-corrected chi connectivity index (χ2v) is 7.56. The number of benzene rings is 1. The van der Waals surface area contributed by atoms with Crippen molar-refractivity contribution in [3.05, 3.63) is 47.2 Å². The van der Waals surface area contributed by atoms with Gasteiger partial charge in [0.2, 0.25) is 5.91 Å². The summed E-state index contributed by atoms with van der Waals surface area (Å²) in [5.41, 5.74) is 3.67. The van der Waals surface area contributed by atoms with E-state index in [2.05, 4.69) is 34.7 Å². The molecule has 1 aromatic carbocycles. The third kappa shape index (κ3) is 2.74. The molecule has 1 aromatic heterocycles. The highest BCUT2D eigenvalue weighted by atomic mass is 32.2. The lowest BCUT2D eigenvalue weighted by molar-refractivity contribution is -0.119. The summed E-state index contributed by atoms with van der Waals surface area (Å²) < 4.78 is 1.79. The predicted octanol–water partition coefficient (Wildman–Crippen LogP) is 2.41. The molecule has 1 saturated heterocycles. The minimum absolute atomic E-state index is 0.114. The van der Waals surface area contributed by atoms with Crippen molar-refractivity contribution in [1.82, 2.24) is 15.1 Å². The van der Waals surface area contributed by atoms with Gasteiger partial charge in [0.05, 0.1) is 11.7 Å². The molecule has 1 amide bonds. The number of hydrogen-bond acceptors (Lipinski definition) is 4. The molecule has 24 heavy (non-hydrogen) atoms. The number of hydrogen-bond donors (Lipinski definition) is 1. The van der Waals surface area contributed by atoms with Crippen molar-refractivity contribution in [3.8, 4) is 0 Å². The van der Waals surface area contributed by atoms with Crippen molar-refractivity contribution in [2.24, 2.45) is 7.05 Å². The molecular formula is C18H22N4OS. The van der Waals surface area contributed by atoms with Crippen molar-refractivity contribution < 1.29 is 4.79 Å². The van der Waals surface area contributed by atoms with E-state index in [9.17, 15) is 4.79 Å². The van der Waals surface area contributed by atoms with Crippen LogP contribution in [0.25, 0.3) is 0 Å². The van der Waals surface area contributed by atoms with Crippen molar-refractivity contribution in [2.75, 3.05) is 17.2 Å². The normalized spacial score (nSPS) is 23.6. The van der Waals surface area contributed by atoms with Gasteiger partial charge in [0.1, 0.15) is 5.82 Å². The number of carbonyl (C=O) groups excluding carboxylic acids is 1. The Morgan fingerprint density at radius 3 is 2.92 bits per heavy atom. The van der Waals surface area contributed by atoms with E-state index in [1.807, 2.05) is 36.7 Å². The lowest BCUT2D eigenvalue weighted by atomic mass is 10.0. The number of nitrogens with one attached hydrogen (secondary N) is 1. The first-order valence-corrected chi connectivity index (χ1v) is 9.52. The van der Waals surface area contributed by atoms with Crippen LogP contribution in [0.5, 0.6) is 0 Å². The molecule has 4 rings (SSSR count). The fraction of sp³-hybridized carbons (Fsp3) is 0.444. The Kier molecular flexibility index (Phi) is 4.10. The summed E-state index contributed by atoms with van der Waals surface area (Å²) in [5.74, 6) is 3.13. The van der Waals surface area contributed by atoms with Crippen LogP contribution in [0.2, 0.25) is 0 Å². The van der Waals surface area contributed by atoms with Gasteiger partial charge in [-0.3, -0.25) is 19.7 Å². The van der Waals surface area contributed by atoms with Crippen LogP contribution in [0.1, 0.15) is 29.3 Å². The fourth-order valence-corrected chi connectivity index (χ4v) is 4.79. The van der Waals surface area contributed by atoms with E-state index in [1.165, 1.54) is 11.1 Å². The summed E-state index contributed by atoms with van der Waals surface area (Å²) in [5, 5.41) is 7.97. The highest BCUT2D eigenvalue weighted by Gasteiger charge is 2.36. The van der Waals surface area contributed by atoms with Crippen molar-refractivity contribution in [3.63, 3.8) is 0 Å². The molecule has 2 aromatic rings. The van der Waals surface area contributed by atoms with Crippen LogP contribution in [-0.2, 0) is 17.6 Å². The van der Waals surface area contributed by atoms with Gasteiger partial charge in [0.15, 0.2) is 0 Å². The van der Waals surface area contributed by atoms with Gasteiger partial charge in [-0.25, -0.2) is 0 Å². The van der Waals surface area contributed by atoms with E-state index in [4.69, 9.17) is 0 Å². The summed E-state index contributed by atoms with van der Waals surface area (Å²) in [6.07, 6.45) is 0.840. The Hall–Kier alpha value is -1.79. The largest absolute Gasteiger partial charge is 0.298 e. The molecule has 1 fully saturated rings. The van der Waals surface area contributed by atoms with E-state index in [-0.39, 0.29) is 18.0 Å². The second-order valence-electron chi connectivity index (χ2n) is 6.53. The van der Waals surface area contributed by atoms with E-state index in [1.54, 1.807) is 4.68 Å². The molecule has 5 nitrogen and oxygen atoms in total. The number of aromatic nitrogens is 2. The maximum Gasteiger partial charge on any atom is 0.245 e. The van der Waals surface area contributed by atoms with Gasteiger partial charge in [0.25, 0.3) is 0 Å². The zero-order valence-electron chi connectivity index (χ0n) is 14.0. The minimum Gasteiger partial charge on any atom is -0.298 e. The van der Waals surface area contributed by atoms with Crippen molar-refractivity contribution >= 4 is 23.5 Å². The standard InChI is InChI=1S/C18H22N4OS/c1-12-9-17(21(2)20-12)22-8-7-15(18(22)23)19-16-11-24-10-13-5-3-4-6-14(13)16/h3-6,9,15-16,19H,7-8,10-11H2,1-2H3/t15-,16-/m0/s1. The summed E-state index contributed by atoms with van der Waals surface area (Å²) in [7, 11) is 1.89. The van der Waals surface area contributed by atoms with Crippen LogP contribution in [0, 0.1) is 6.92 Å². The quantitative estimate of drug-likeness (QED) is 0.931. The van der Waals surface area contributed by atoms with Crippen molar-refractivity contribution in [1.29, 1.82) is 0 Å². The molecule has 0 spiro atoms. The number of carbonyl (C=O) groups is 1. The van der Waals surface area contributed by atoms with Crippen LogP contribution >= 0.6 is 11.8 Å². The summed E-state index contributed by atoms with van der Waals surface area (Å²) in [4.78, 5) is 14.7. The topological polar surface area (TPSA) is 50.2 Å². The van der Waals surface area contributed by atoms with Crippen molar-refractivity contribution in [2.45, 2.75) is 31.2 Å². The third-order valence-electron chi connectivity index (χ3n) is 4.83. The Morgan fingerprint density at radius 1 is 1.29 bits per heavy atom. The molecule has 0 radical (unpaired) electrons. The number of thioether (sulfide) groups is 1. The van der Waals surface area contributed by atoms with Crippen LogP contribution in [0.15, 0.2) is 30.3 Å². The highest BCUT2D eigenvalue weighted by Crippen LogP contribution is 2.33. The molecule has 2 atom stereocenters. The number of nitrogens with zero attached hydrogens (tertiary/aromatic N) is 3.